The summed E-state index contributed by atoms with van der Waals surface area (Å²) >= 11 is 0. The first-order valence-corrected chi connectivity index (χ1v) is 8.97. The van der Waals surface area contributed by atoms with Gasteiger partial charge in [0.2, 0.25) is 0 Å². The summed E-state index contributed by atoms with van der Waals surface area (Å²) in [7, 11) is 3.41. The molecular formula is C20H26N4O4. The topological polar surface area (TPSA) is 113 Å². The Hall–Kier alpha value is -3.29. The van der Waals surface area contributed by atoms with Gasteiger partial charge < -0.3 is 30.6 Å². The molecule has 1 amide bonds. The fraction of sp³-hybridized carbons (Fsp3) is 0.350. The number of amides is 1. The number of pyridine rings is 1. The molecule has 2 atom stereocenters. The van der Waals surface area contributed by atoms with Crippen molar-refractivity contribution in [2.45, 2.75) is 19.4 Å². The van der Waals surface area contributed by atoms with Crippen molar-refractivity contribution in [2.75, 3.05) is 31.3 Å². The summed E-state index contributed by atoms with van der Waals surface area (Å²) in [4.78, 5) is 26.1. The van der Waals surface area contributed by atoms with Crippen molar-refractivity contribution in [1.82, 2.24) is 10.3 Å². The molecule has 0 radical (unpaired) electrons. The highest BCUT2D eigenvalue weighted by molar-refractivity contribution is 5.75. The Morgan fingerprint density at radius 3 is 2.75 bits per heavy atom. The van der Waals surface area contributed by atoms with Crippen molar-refractivity contribution in [3.05, 3.63) is 36.5 Å². The first-order chi connectivity index (χ1) is 13.5. The van der Waals surface area contributed by atoms with Crippen LogP contribution in [0.25, 0.3) is 11.1 Å². The molecule has 28 heavy (non-hydrogen) atoms. The van der Waals surface area contributed by atoms with Gasteiger partial charge in [0.05, 0.1) is 13.2 Å². The molecule has 0 bridgehead atoms. The van der Waals surface area contributed by atoms with E-state index in [0.717, 1.165) is 28.9 Å². The van der Waals surface area contributed by atoms with Crippen LogP contribution in [0.3, 0.4) is 0 Å². The number of ether oxygens (including phenoxy) is 1. The second kappa shape index (κ2) is 10.1. The predicted octanol–water partition coefficient (Wildman–Crippen LogP) is 3.07. The predicted molar refractivity (Wildman–Crippen MR) is 109 cm³/mol. The number of rotatable bonds is 10. The van der Waals surface area contributed by atoms with Crippen molar-refractivity contribution < 1.29 is 19.4 Å². The Balaban J connectivity index is 2.15. The largest absolute Gasteiger partial charge is 0.496 e. The number of hydrogen-bond acceptors (Lipinski definition) is 6. The third kappa shape index (κ3) is 5.87. The molecule has 1 aromatic heterocycles. The van der Waals surface area contributed by atoms with Crippen LogP contribution in [0.2, 0.25) is 0 Å². The summed E-state index contributed by atoms with van der Waals surface area (Å²) in [5, 5.41) is 17.7. The number of carbonyl (C=O) groups is 2. The molecule has 150 valence electrons. The van der Waals surface area contributed by atoms with Crippen molar-refractivity contribution in [2.24, 2.45) is 5.92 Å². The van der Waals surface area contributed by atoms with Gasteiger partial charge in [-0.1, -0.05) is 6.92 Å². The fourth-order valence-corrected chi connectivity index (χ4v) is 2.89. The minimum Gasteiger partial charge on any atom is -0.496 e. The van der Waals surface area contributed by atoms with Crippen molar-refractivity contribution in [1.29, 1.82) is 0 Å². The molecular weight excluding hydrogens is 360 g/mol. The number of nitrogens with zero attached hydrogens (tertiary/aromatic N) is 1. The smallest absolute Gasteiger partial charge is 0.404 e. The molecule has 1 aromatic carbocycles. The molecule has 0 saturated heterocycles. The summed E-state index contributed by atoms with van der Waals surface area (Å²) < 4.78 is 5.53. The molecule has 0 aliphatic carbocycles. The van der Waals surface area contributed by atoms with Gasteiger partial charge in [-0.3, -0.25) is 0 Å². The average Bonchev–Trinajstić information content (AvgIpc) is 2.71. The number of carboxylic acid groups (broad SMARTS) is 1. The van der Waals surface area contributed by atoms with Crippen molar-refractivity contribution >= 4 is 23.9 Å². The second-order valence-electron chi connectivity index (χ2n) is 6.47. The van der Waals surface area contributed by atoms with Gasteiger partial charge in [-0.15, -0.1) is 0 Å². The molecule has 8 heteroatoms. The van der Waals surface area contributed by atoms with Crippen LogP contribution in [-0.4, -0.2) is 49.2 Å². The molecule has 2 rings (SSSR count). The number of anilines is 2. The third-order valence-corrected chi connectivity index (χ3v) is 4.30. The lowest BCUT2D eigenvalue weighted by molar-refractivity contribution is -0.110. The van der Waals surface area contributed by atoms with E-state index in [0.29, 0.717) is 18.7 Å². The van der Waals surface area contributed by atoms with Crippen LogP contribution in [0.15, 0.2) is 36.5 Å². The minimum atomic E-state index is -1.11. The van der Waals surface area contributed by atoms with Crippen LogP contribution in [-0.2, 0) is 4.79 Å². The number of methoxy groups -OCH3 is 1. The third-order valence-electron chi connectivity index (χ3n) is 4.30. The molecule has 0 aliphatic rings. The van der Waals surface area contributed by atoms with Crippen LogP contribution in [0.4, 0.5) is 16.3 Å². The number of carbonyl (C=O) groups excluding carboxylic acids is 1. The van der Waals surface area contributed by atoms with Gasteiger partial charge in [0.1, 0.15) is 17.9 Å². The zero-order valence-corrected chi connectivity index (χ0v) is 16.2. The molecule has 0 fully saturated rings. The lowest BCUT2D eigenvalue weighted by Crippen LogP contribution is -2.40. The molecule has 0 saturated carbocycles. The number of aldehydes is 1. The molecule has 2 aromatic rings. The average molecular weight is 386 g/mol. The maximum atomic E-state index is 11.0. The van der Waals surface area contributed by atoms with E-state index >= 15 is 0 Å². The SMILES string of the molecule is CNc1cc(-c2ccc(NCC(CC(C)C=O)NC(=O)O)cc2OC)ccn1. The minimum absolute atomic E-state index is 0.233. The van der Waals surface area contributed by atoms with E-state index in [1.165, 1.54) is 0 Å². The van der Waals surface area contributed by atoms with E-state index < -0.39 is 6.09 Å². The van der Waals surface area contributed by atoms with Crippen LogP contribution < -0.4 is 20.7 Å². The molecule has 2 unspecified atom stereocenters. The number of hydrogen-bond donors (Lipinski definition) is 4. The summed E-state index contributed by atoms with van der Waals surface area (Å²) in [6.07, 6.45) is 1.85. The Labute approximate surface area is 164 Å². The molecule has 0 aliphatic heterocycles. The first-order valence-electron chi connectivity index (χ1n) is 8.97. The van der Waals surface area contributed by atoms with Gasteiger partial charge in [0, 0.05) is 43.0 Å². The summed E-state index contributed by atoms with van der Waals surface area (Å²) in [6.45, 7) is 2.11. The Kier molecular flexibility index (Phi) is 7.62. The van der Waals surface area contributed by atoms with Crippen LogP contribution >= 0.6 is 0 Å². The molecule has 4 N–H and O–H groups in total. The highest BCUT2D eigenvalue weighted by atomic mass is 16.5. The number of benzene rings is 1. The maximum Gasteiger partial charge on any atom is 0.404 e. The van der Waals surface area contributed by atoms with Crippen LogP contribution in [0.1, 0.15) is 13.3 Å². The van der Waals surface area contributed by atoms with Gasteiger partial charge >= 0.3 is 6.09 Å². The number of nitrogens with one attached hydrogen (secondary N) is 3. The van der Waals surface area contributed by atoms with Crippen molar-refractivity contribution in [3.8, 4) is 16.9 Å². The maximum absolute atomic E-state index is 11.0. The Morgan fingerprint density at radius 1 is 1.32 bits per heavy atom. The van der Waals surface area contributed by atoms with E-state index in [2.05, 4.69) is 20.9 Å². The Morgan fingerprint density at radius 2 is 2.11 bits per heavy atom. The molecule has 0 spiro atoms. The fourth-order valence-electron chi connectivity index (χ4n) is 2.89. The Bertz CT molecular complexity index is 813. The first kappa shape index (κ1) is 21.0. The van der Waals surface area contributed by atoms with Crippen molar-refractivity contribution in [3.63, 3.8) is 0 Å². The van der Waals surface area contributed by atoms with E-state index in [1.807, 2.05) is 37.4 Å². The zero-order valence-electron chi connectivity index (χ0n) is 16.2. The monoisotopic (exact) mass is 386 g/mol. The lowest BCUT2D eigenvalue weighted by Gasteiger charge is -2.20. The van der Waals surface area contributed by atoms with Gasteiger partial charge in [0.15, 0.2) is 0 Å². The lowest BCUT2D eigenvalue weighted by atomic mass is 10.0. The summed E-state index contributed by atoms with van der Waals surface area (Å²) in [5.74, 6) is 1.21. The van der Waals surface area contributed by atoms with Crippen LogP contribution in [0, 0.1) is 5.92 Å². The number of aromatic nitrogens is 1. The van der Waals surface area contributed by atoms with E-state index in [4.69, 9.17) is 9.84 Å². The quantitative estimate of drug-likeness (QED) is 0.464. The summed E-state index contributed by atoms with van der Waals surface area (Å²) in [6, 6.07) is 9.14. The van der Waals surface area contributed by atoms with E-state index in [1.54, 1.807) is 20.2 Å². The van der Waals surface area contributed by atoms with Gasteiger partial charge in [0.25, 0.3) is 0 Å². The van der Waals surface area contributed by atoms with Gasteiger partial charge in [-0.05, 0) is 36.2 Å². The normalized spacial score (nSPS) is 12.5. The highest BCUT2D eigenvalue weighted by Gasteiger charge is 2.15. The molecule has 8 nitrogen and oxygen atoms in total. The zero-order chi connectivity index (χ0) is 20.5. The van der Waals surface area contributed by atoms with Crippen LogP contribution in [0.5, 0.6) is 5.75 Å². The van der Waals surface area contributed by atoms with Gasteiger partial charge in [-0.25, -0.2) is 9.78 Å². The summed E-state index contributed by atoms with van der Waals surface area (Å²) in [5.41, 5.74) is 2.68. The molecule has 1 heterocycles. The standard InChI is InChI=1S/C20H26N4O4/c1-13(12-25)8-16(24-20(26)27)11-23-15-4-5-17(18(10-15)28-3)14-6-7-22-19(9-14)21-2/h4-7,9-10,12-13,16,23-24H,8,11H2,1-3H3,(H,21,22)(H,26,27). The van der Waals surface area contributed by atoms with Gasteiger partial charge in [-0.2, -0.15) is 0 Å². The van der Waals surface area contributed by atoms with E-state index in [-0.39, 0.29) is 12.0 Å². The highest BCUT2D eigenvalue weighted by Crippen LogP contribution is 2.33. The van der Waals surface area contributed by atoms with E-state index in [9.17, 15) is 9.59 Å². The second-order valence-corrected chi connectivity index (χ2v) is 6.47.